The normalized spacial score (nSPS) is 15.2. The van der Waals surface area contributed by atoms with Crippen molar-refractivity contribution in [3.8, 4) is 11.5 Å². The first-order valence-electron chi connectivity index (χ1n) is 8.65. The molecule has 1 aliphatic rings. The lowest BCUT2D eigenvalue weighted by Crippen LogP contribution is -2.37. The van der Waals surface area contributed by atoms with E-state index in [-0.39, 0.29) is 36.8 Å². The number of aryl methyl sites for hydroxylation is 1. The second-order valence-electron chi connectivity index (χ2n) is 6.55. The van der Waals surface area contributed by atoms with E-state index in [2.05, 4.69) is 10.2 Å². The van der Waals surface area contributed by atoms with E-state index >= 15 is 0 Å². The third-order valence-corrected chi connectivity index (χ3v) is 4.73. The summed E-state index contributed by atoms with van der Waals surface area (Å²) in [7, 11) is 3.28. The lowest BCUT2D eigenvalue weighted by Gasteiger charge is -2.21. The van der Waals surface area contributed by atoms with E-state index in [0.717, 1.165) is 42.3 Å². The summed E-state index contributed by atoms with van der Waals surface area (Å²) in [6.07, 6.45) is 0.882. The van der Waals surface area contributed by atoms with Crippen molar-refractivity contribution < 1.29 is 14.3 Å². The molecule has 1 aliphatic heterocycles. The van der Waals surface area contributed by atoms with Gasteiger partial charge in [-0.1, -0.05) is 6.07 Å². The minimum Gasteiger partial charge on any atom is -0.497 e. The van der Waals surface area contributed by atoms with Gasteiger partial charge in [0.05, 0.1) is 14.2 Å². The summed E-state index contributed by atoms with van der Waals surface area (Å²) in [5.74, 6) is 1.43. The standard InChI is InChI=1S/C20H25N3O3.2ClH/c1-13-4-5-14(21)8-19(13)20(24)22-15-6-7-23(12-15)16-9-17(25-2)11-18(10-16)26-3;;/h4-5,8-11,15H,6-7,12,21H2,1-3H3,(H,22,24);2*1H. The van der Waals surface area contributed by atoms with Crippen LogP contribution in [0.2, 0.25) is 0 Å². The van der Waals surface area contributed by atoms with Crippen molar-refractivity contribution in [3.05, 3.63) is 47.5 Å². The molecule has 0 bridgehead atoms. The molecule has 154 valence electrons. The van der Waals surface area contributed by atoms with Gasteiger partial charge in [0, 0.05) is 54.3 Å². The first kappa shape index (κ1) is 23.7. The van der Waals surface area contributed by atoms with Gasteiger partial charge in [0.15, 0.2) is 0 Å². The molecule has 1 saturated heterocycles. The lowest BCUT2D eigenvalue weighted by molar-refractivity contribution is 0.0940. The number of nitrogens with zero attached hydrogens (tertiary/aromatic N) is 1. The highest BCUT2D eigenvalue weighted by molar-refractivity contribution is 5.96. The lowest BCUT2D eigenvalue weighted by atomic mass is 10.1. The van der Waals surface area contributed by atoms with Crippen molar-refractivity contribution >= 4 is 42.1 Å². The third-order valence-electron chi connectivity index (χ3n) is 4.73. The summed E-state index contributed by atoms with van der Waals surface area (Å²) < 4.78 is 10.7. The Morgan fingerprint density at radius 2 is 1.75 bits per heavy atom. The maximum atomic E-state index is 12.6. The van der Waals surface area contributed by atoms with Gasteiger partial charge in [-0.25, -0.2) is 0 Å². The number of nitrogens with one attached hydrogen (secondary N) is 1. The zero-order valence-electron chi connectivity index (χ0n) is 16.2. The van der Waals surface area contributed by atoms with Gasteiger partial charge in [0.2, 0.25) is 0 Å². The fourth-order valence-corrected chi connectivity index (χ4v) is 3.23. The van der Waals surface area contributed by atoms with Gasteiger partial charge in [0.1, 0.15) is 11.5 Å². The van der Waals surface area contributed by atoms with Crippen molar-refractivity contribution in [2.45, 2.75) is 19.4 Å². The van der Waals surface area contributed by atoms with Crippen molar-refractivity contribution in [1.29, 1.82) is 0 Å². The van der Waals surface area contributed by atoms with Crippen LogP contribution < -0.4 is 25.4 Å². The number of halogens is 2. The Balaban J connectivity index is 0.00000196. The Bertz CT molecular complexity index is 795. The molecule has 2 aromatic rings. The molecule has 6 nitrogen and oxygen atoms in total. The molecule has 3 N–H and O–H groups in total. The topological polar surface area (TPSA) is 76.8 Å². The van der Waals surface area contributed by atoms with Crippen LogP contribution in [0.15, 0.2) is 36.4 Å². The largest absolute Gasteiger partial charge is 0.497 e. The molecule has 0 spiro atoms. The minimum absolute atomic E-state index is 0. The Labute approximate surface area is 178 Å². The molecule has 0 aliphatic carbocycles. The predicted octanol–water partition coefficient (Wildman–Crippen LogP) is 3.45. The molecule has 28 heavy (non-hydrogen) atoms. The van der Waals surface area contributed by atoms with Gasteiger partial charge in [-0.05, 0) is 31.0 Å². The first-order valence-corrected chi connectivity index (χ1v) is 8.65. The number of ether oxygens (including phenoxy) is 2. The van der Waals surface area contributed by atoms with Gasteiger partial charge in [-0.3, -0.25) is 4.79 Å². The first-order chi connectivity index (χ1) is 12.5. The molecule has 1 unspecified atom stereocenters. The van der Waals surface area contributed by atoms with Gasteiger partial charge in [-0.2, -0.15) is 0 Å². The summed E-state index contributed by atoms with van der Waals surface area (Å²) in [6, 6.07) is 11.3. The predicted molar refractivity (Wildman–Crippen MR) is 118 cm³/mol. The number of nitrogen functional groups attached to an aromatic ring is 1. The third kappa shape index (κ3) is 5.36. The minimum atomic E-state index is -0.0788. The monoisotopic (exact) mass is 427 g/mol. The van der Waals surface area contributed by atoms with E-state index in [4.69, 9.17) is 15.2 Å². The van der Waals surface area contributed by atoms with Crippen molar-refractivity contribution in [2.75, 3.05) is 37.9 Å². The van der Waals surface area contributed by atoms with E-state index in [1.165, 1.54) is 0 Å². The second kappa shape index (κ2) is 10.3. The number of methoxy groups -OCH3 is 2. The molecular formula is C20H27Cl2N3O3. The number of hydrogen-bond acceptors (Lipinski definition) is 5. The van der Waals surface area contributed by atoms with E-state index in [1.54, 1.807) is 26.4 Å². The molecule has 8 heteroatoms. The number of rotatable bonds is 5. The van der Waals surface area contributed by atoms with Gasteiger partial charge < -0.3 is 25.4 Å². The molecule has 1 heterocycles. The van der Waals surface area contributed by atoms with Crippen LogP contribution >= 0.6 is 24.8 Å². The number of benzene rings is 2. The molecular weight excluding hydrogens is 401 g/mol. The highest BCUT2D eigenvalue weighted by Crippen LogP contribution is 2.30. The highest BCUT2D eigenvalue weighted by Gasteiger charge is 2.25. The van der Waals surface area contributed by atoms with E-state index in [9.17, 15) is 4.79 Å². The van der Waals surface area contributed by atoms with Crippen LogP contribution in [0, 0.1) is 6.92 Å². The Kier molecular flexibility index (Phi) is 8.72. The second-order valence-corrected chi connectivity index (χ2v) is 6.55. The Morgan fingerprint density at radius 3 is 2.36 bits per heavy atom. The van der Waals surface area contributed by atoms with Crippen LogP contribution in [-0.2, 0) is 0 Å². The summed E-state index contributed by atoms with van der Waals surface area (Å²) in [6.45, 7) is 3.51. The SMILES string of the molecule is COc1cc(OC)cc(N2CCC(NC(=O)c3cc(N)ccc3C)C2)c1.Cl.Cl. The fourth-order valence-electron chi connectivity index (χ4n) is 3.23. The Morgan fingerprint density at radius 1 is 1.11 bits per heavy atom. The quantitative estimate of drug-likeness (QED) is 0.714. The number of amides is 1. The van der Waals surface area contributed by atoms with Gasteiger partial charge in [0.25, 0.3) is 5.91 Å². The smallest absolute Gasteiger partial charge is 0.251 e. The van der Waals surface area contributed by atoms with Crippen LogP contribution in [-0.4, -0.2) is 39.3 Å². The van der Waals surface area contributed by atoms with E-state index in [0.29, 0.717) is 11.3 Å². The molecule has 1 fully saturated rings. The average Bonchev–Trinajstić information content (AvgIpc) is 3.11. The molecule has 1 atom stereocenters. The summed E-state index contributed by atoms with van der Waals surface area (Å²) in [5, 5.41) is 3.12. The number of nitrogens with two attached hydrogens (primary N) is 1. The van der Waals surface area contributed by atoms with Crippen LogP contribution in [0.1, 0.15) is 22.3 Å². The number of carbonyl (C=O) groups is 1. The van der Waals surface area contributed by atoms with Crippen LogP contribution in [0.3, 0.4) is 0 Å². The molecule has 2 aromatic carbocycles. The Hall–Kier alpha value is -2.31. The maximum Gasteiger partial charge on any atom is 0.251 e. The molecule has 1 amide bonds. The molecule has 0 aromatic heterocycles. The molecule has 0 radical (unpaired) electrons. The van der Waals surface area contributed by atoms with Gasteiger partial charge >= 0.3 is 0 Å². The summed E-state index contributed by atoms with van der Waals surface area (Å²) >= 11 is 0. The fraction of sp³-hybridized carbons (Fsp3) is 0.350. The van der Waals surface area contributed by atoms with Crippen LogP contribution in [0.4, 0.5) is 11.4 Å². The van der Waals surface area contributed by atoms with Gasteiger partial charge in [-0.15, -0.1) is 24.8 Å². The zero-order chi connectivity index (χ0) is 18.7. The van der Waals surface area contributed by atoms with Crippen molar-refractivity contribution in [2.24, 2.45) is 0 Å². The van der Waals surface area contributed by atoms with E-state index in [1.807, 2.05) is 31.2 Å². The van der Waals surface area contributed by atoms with Crippen molar-refractivity contribution in [3.63, 3.8) is 0 Å². The number of carbonyl (C=O) groups excluding carboxylic acids is 1. The summed E-state index contributed by atoms with van der Waals surface area (Å²) in [4.78, 5) is 14.8. The maximum absolute atomic E-state index is 12.6. The van der Waals surface area contributed by atoms with Crippen LogP contribution in [0.25, 0.3) is 0 Å². The zero-order valence-corrected chi connectivity index (χ0v) is 17.9. The molecule has 0 saturated carbocycles. The number of anilines is 2. The van der Waals surface area contributed by atoms with Crippen molar-refractivity contribution in [1.82, 2.24) is 5.32 Å². The highest BCUT2D eigenvalue weighted by atomic mass is 35.5. The van der Waals surface area contributed by atoms with E-state index < -0.39 is 0 Å². The van der Waals surface area contributed by atoms with Crippen LogP contribution in [0.5, 0.6) is 11.5 Å². The number of hydrogen-bond donors (Lipinski definition) is 2. The molecule has 3 rings (SSSR count). The average molecular weight is 428 g/mol. The summed E-state index contributed by atoms with van der Waals surface area (Å²) in [5.41, 5.74) is 8.99.